The van der Waals surface area contributed by atoms with Crippen molar-refractivity contribution in [2.24, 2.45) is 0 Å². The number of ether oxygens (including phenoxy) is 2. The van der Waals surface area contributed by atoms with Gasteiger partial charge in [-0.1, -0.05) is 5.16 Å². The molecule has 18 heavy (non-hydrogen) atoms. The Labute approximate surface area is 107 Å². The van der Waals surface area contributed by atoms with Gasteiger partial charge in [0, 0.05) is 20.1 Å². The zero-order valence-electron chi connectivity index (χ0n) is 10.9. The Kier molecular flexibility index (Phi) is 5.57. The molecule has 0 aromatic carbocycles. The van der Waals surface area contributed by atoms with Crippen molar-refractivity contribution in [3.63, 3.8) is 0 Å². The van der Waals surface area contributed by atoms with Gasteiger partial charge in [-0.2, -0.15) is 4.98 Å². The SMILES string of the molecule is COCCOCCc1noc([C@H]2CCCNC2)n1. The molecule has 1 N–H and O–H groups in total. The fourth-order valence-corrected chi connectivity index (χ4v) is 2.01. The highest BCUT2D eigenvalue weighted by molar-refractivity contribution is 4.96. The molecule has 0 radical (unpaired) electrons. The third-order valence-electron chi connectivity index (χ3n) is 3.03. The summed E-state index contributed by atoms with van der Waals surface area (Å²) >= 11 is 0. The summed E-state index contributed by atoms with van der Waals surface area (Å²) in [5.41, 5.74) is 0. The monoisotopic (exact) mass is 255 g/mol. The van der Waals surface area contributed by atoms with Gasteiger partial charge in [0.1, 0.15) is 0 Å². The quantitative estimate of drug-likeness (QED) is 0.725. The van der Waals surface area contributed by atoms with E-state index in [1.54, 1.807) is 7.11 Å². The van der Waals surface area contributed by atoms with E-state index in [9.17, 15) is 0 Å². The maximum absolute atomic E-state index is 5.37. The van der Waals surface area contributed by atoms with Crippen molar-refractivity contribution in [2.45, 2.75) is 25.2 Å². The molecule has 1 saturated heterocycles. The molecule has 0 amide bonds. The van der Waals surface area contributed by atoms with Crippen molar-refractivity contribution in [2.75, 3.05) is 40.0 Å². The average Bonchev–Trinajstić information content (AvgIpc) is 2.88. The van der Waals surface area contributed by atoms with Crippen LogP contribution in [0.2, 0.25) is 0 Å². The van der Waals surface area contributed by atoms with Gasteiger partial charge in [0.25, 0.3) is 0 Å². The summed E-state index contributed by atoms with van der Waals surface area (Å²) in [7, 11) is 1.66. The Hall–Kier alpha value is -0.980. The van der Waals surface area contributed by atoms with Gasteiger partial charge in [0.05, 0.1) is 25.7 Å². The van der Waals surface area contributed by atoms with Gasteiger partial charge in [-0.3, -0.25) is 0 Å². The Balaban J connectivity index is 1.72. The standard InChI is InChI=1S/C12H21N3O3/c1-16-7-8-17-6-4-11-14-12(18-15-11)10-3-2-5-13-9-10/h10,13H,2-9H2,1H3/t10-/m0/s1. The van der Waals surface area contributed by atoms with E-state index in [0.29, 0.717) is 32.2 Å². The summed E-state index contributed by atoms with van der Waals surface area (Å²) in [6, 6.07) is 0. The highest BCUT2D eigenvalue weighted by Gasteiger charge is 2.21. The first kappa shape index (κ1) is 13.5. The van der Waals surface area contributed by atoms with Crippen molar-refractivity contribution in [1.82, 2.24) is 15.5 Å². The number of methoxy groups -OCH3 is 1. The summed E-state index contributed by atoms with van der Waals surface area (Å²) in [5.74, 6) is 1.86. The van der Waals surface area contributed by atoms with E-state index in [1.165, 1.54) is 6.42 Å². The van der Waals surface area contributed by atoms with Gasteiger partial charge < -0.3 is 19.3 Å². The number of nitrogens with zero attached hydrogens (tertiary/aromatic N) is 2. The lowest BCUT2D eigenvalue weighted by molar-refractivity contribution is 0.0714. The van der Waals surface area contributed by atoms with Gasteiger partial charge >= 0.3 is 0 Å². The second-order valence-corrected chi connectivity index (χ2v) is 4.45. The first-order valence-corrected chi connectivity index (χ1v) is 6.50. The zero-order valence-corrected chi connectivity index (χ0v) is 10.9. The predicted octanol–water partition coefficient (Wildman–Crippen LogP) is 0.742. The summed E-state index contributed by atoms with van der Waals surface area (Å²) < 4.78 is 15.6. The maximum atomic E-state index is 5.37. The molecule has 0 unspecified atom stereocenters. The smallest absolute Gasteiger partial charge is 0.231 e. The molecule has 1 aliphatic rings. The van der Waals surface area contributed by atoms with E-state index in [-0.39, 0.29) is 0 Å². The molecular formula is C12H21N3O3. The minimum Gasteiger partial charge on any atom is -0.382 e. The van der Waals surface area contributed by atoms with Crippen molar-refractivity contribution in [3.8, 4) is 0 Å². The molecule has 1 aromatic heterocycles. The second-order valence-electron chi connectivity index (χ2n) is 4.45. The lowest BCUT2D eigenvalue weighted by atomic mass is 10.00. The third kappa shape index (κ3) is 4.04. The van der Waals surface area contributed by atoms with Crippen molar-refractivity contribution >= 4 is 0 Å². The normalized spacial score (nSPS) is 20.2. The fourth-order valence-electron chi connectivity index (χ4n) is 2.01. The van der Waals surface area contributed by atoms with Crippen LogP contribution in [-0.4, -0.2) is 50.2 Å². The maximum Gasteiger partial charge on any atom is 0.231 e. The van der Waals surface area contributed by atoms with Crippen molar-refractivity contribution in [1.29, 1.82) is 0 Å². The fraction of sp³-hybridized carbons (Fsp3) is 0.833. The van der Waals surface area contributed by atoms with Crippen LogP contribution < -0.4 is 5.32 Å². The van der Waals surface area contributed by atoms with Gasteiger partial charge in [0.15, 0.2) is 5.82 Å². The van der Waals surface area contributed by atoms with E-state index in [2.05, 4.69) is 15.5 Å². The van der Waals surface area contributed by atoms with E-state index in [1.807, 2.05) is 0 Å². The van der Waals surface area contributed by atoms with Gasteiger partial charge in [-0.05, 0) is 19.4 Å². The Morgan fingerprint density at radius 2 is 2.33 bits per heavy atom. The number of rotatable bonds is 7. The van der Waals surface area contributed by atoms with Crippen LogP contribution >= 0.6 is 0 Å². The number of hydrogen-bond donors (Lipinski definition) is 1. The van der Waals surface area contributed by atoms with Gasteiger partial charge in [-0.15, -0.1) is 0 Å². The highest BCUT2D eigenvalue weighted by atomic mass is 16.5. The molecule has 0 spiro atoms. The van der Waals surface area contributed by atoms with Crippen LogP contribution in [0.15, 0.2) is 4.52 Å². The Bertz CT molecular complexity index is 337. The van der Waals surface area contributed by atoms with Crippen LogP contribution in [0.25, 0.3) is 0 Å². The molecule has 6 heteroatoms. The number of piperidine rings is 1. The summed E-state index contributed by atoms with van der Waals surface area (Å²) in [6.45, 7) is 3.85. The number of nitrogens with one attached hydrogen (secondary N) is 1. The van der Waals surface area contributed by atoms with Crippen molar-refractivity contribution < 1.29 is 14.0 Å². The lowest BCUT2D eigenvalue weighted by Crippen LogP contribution is -2.28. The molecule has 0 bridgehead atoms. The highest BCUT2D eigenvalue weighted by Crippen LogP contribution is 2.21. The van der Waals surface area contributed by atoms with E-state index >= 15 is 0 Å². The first-order valence-electron chi connectivity index (χ1n) is 6.50. The van der Waals surface area contributed by atoms with Gasteiger partial charge in [-0.25, -0.2) is 0 Å². The lowest BCUT2D eigenvalue weighted by Gasteiger charge is -2.18. The van der Waals surface area contributed by atoms with Crippen LogP contribution in [0, 0.1) is 0 Å². The second kappa shape index (κ2) is 7.45. The van der Waals surface area contributed by atoms with Crippen LogP contribution in [-0.2, 0) is 15.9 Å². The molecule has 0 aliphatic carbocycles. The van der Waals surface area contributed by atoms with Crippen molar-refractivity contribution in [3.05, 3.63) is 11.7 Å². The molecule has 1 atom stereocenters. The van der Waals surface area contributed by atoms with E-state index < -0.39 is 0 Å². The molecule has 1 fully saturated rings. The molecular weight excluding hydrogens is 234 g/mol. The van der Waals surface area contributed by atoms with E-state index in [4.69, 9.17) is 14.0 Å². The topological polar surface area (TPSA) is 69.4 Å². The minimum atomic E-state index is 0.370. The largest absolute Gasteiger partial charge is 0.382 e. The van der Waals surface area contributed by atoms with Gasteiger partial charge in [0.2, 0.25) is 5.89 Å². The third-order valence-corrected chi connectivity index (χ3v) is 3.03. The number of hydrogen-bond acceptors (Lipinski definition) is 6. The Morgan fingerprint density at radius 1 is 1.39 bits per heavy atom. The predicted molar refractivity (Wildman–Crippen MR) is 65.5 cm³/mol. The zero-order chi connectivity index (χ0) is 12.6. The summed E-state index contributed by atoms with van der Waals surface area (Å²) in [5, 5.41) is 7.33. The van der Waals surface area contributed by atoms with E-state index in [0.717, 1.165) is 31.2 Å². The molecule has 1 aromatic rings. The Morgan fingerprint density at radius 3 is 3.11 bits per heavy atom. The molecule has 6 nitrogen and oxygen atoms in total. The van der Waals surface area contributed by atoms with Crippen LogP contribution in [0.1, 0.15) is 30.5 Å². The molecule has 2 heterocycles. The van der Waals surface area contributed by atoms with Crippen LogP contribution in [0.3, 0.4) is 0 Å². The summed E-state index contributed by atoms with van der Waals surface area (Å²) in [6.07, 6.45) is 2.98. The molecule has 2 rings (SSSR count). The molecule has 0 saturated carbocycles. The molecule has 102 valence electrons. The average molecular weight is 255 g/mol. The van der Waals surface area contributed by atoms with Crippen LogP contribution in [0.5, 0.6) is 0 Å². The first-order chi connectivity index (χ1) is 8.90. The van der Waals surface area contributed by atoms with Crippen LogP contribution in [0.4, 0.5) is 0 Å². The minimum absolute atomic E-state index is 0.370. The summed E-state index contributed by atoms with van der Waals surface area (Å²) in [4.78, 5) is 4.42. The molecule has 1 aliphatic heterocycles. The number of aromatic nitrogens is 2.